The molecule has 0 aliphatic carbocycles. The first-order valence-electron chi connectivity index (χ1n) is 7.27. The quantitative estimate of drug-likeness (QED) is 0.746. The lowest BCUT2D eigenvalue weighted by molar-refractivity contribution is -0.114. The van der Waals surface area contributed by atoms with Crippen molar-refractivity contribution >= 4 is 28.8 Å². The monoisotopic (exact) mass is 341 g/mol. The Morgan fingerprint density at radius 1 is 1.21 bits per heavy atom. The van der Waals surface area contributed by atoms with Gasteiger partial charge >= 0.3 is 0 Å². The number of hydrogen-bond donors (Lipinski definition) is 2. The maximum absolute atomic E-state index is 12.1. The van der Waals surface area contributed by atoms with Crippen LogP contribution in [-0.4, -0.2) is 17.0 Å². The molecule has 0 fully saturated rings. The highest BCUT2D eigenvalue weighted by Crippen LogP contribution is 2.25. The fraction of sp³-hybridized carbons (Fsp3) is 0.118. The van der Waals surface area contributed by atoms with E-state index >= 15 is 0 Å². The Labute approximate surface area is 142 Å². The molecule has 0 saturated carbocycles. The fourth-order valence-electron chi connectivity index (χ4n) is 2.10. The van der Waals surface area contributed by atoms with Crippen molar-refractivity contribution in [2.24, 2.45) is 0 Å². The summed E-state index contributed by atoms with van der Waals surface area (Å²) < 4.78 is 5.19. The number of amides is 2. The predicted molar refractivity (Wildman–Crippen MR) is 91.7 cm³/mol. The van der Waals surface area contributed by atoms with Crippen molar-refractivity contribution < 1.29 is 14.1 Å². The van der Waals surface area contributed by atoms with Gasteiger partial charge in [-0.25, -0.2) is 0 Å². The standard InChI is InChI=1S/C17H15N3O3S/c1-11(21)19-13-6-4-12(5-7-13)10-18-17(22)14-9-15(23-20-14)16-3-2-8-24-16/h2-9H,10H2,1H3,(H,18,22)(H,19,21). The first-order chi connectivity index (χ1) is 11.6. The number of thiophene rings is 1. The van der Waals surface area contributed by atoms with Crippen molar-refractivity contribution in [3.05, 3.63) is 59.1 Å². The second-order valence-electron chi connectivity index (χ2n) is 5.11. The van der Waals surface area contributed by atoms with Crippen LogP contribution in [0.3, 0.4) is 0 Å². The molecule has 3 rings (SSSR count). The van der Waals surface area contributed by atoms with E-state index < -0.39 is 0 Å². The van der Waals surface area contributed by atoms with Gasteiger partial charge in [0.15, 0.2) is 11.5 Å². The number of benzene rings is 1. The van der Waals surface area contributed by atoms with E-state index in [-0.39, 0.29) is 17.5 Å². The molecule has 0 aliphatic heterocycles. The number of rotatable bonds is 5. The van der Waals surface area contributed by atoms with E-state index in [2.05, 4.69) is 15.8 Å². The fourth-order valence-corrected chi connectivity index (χ4v) is 2.77. The van der Waals surface area contributed by atoms with E-state index in [0.717, 1.165) is 16.1 Å². The van der Waals surface area contributed by atoms with E-state index in [9.17, 15) is 9.59 Å². The Kier molecular flexibility index (Phi) is 4.72. The summed E-state index contributed by atoms with van der Waals surface area (Å²) in [5.41, 5.74) is 1.88. The third kappa shape index (κ3) is 3.88. The summed E-state index contributed by atoms with van der Waals surface area (Å²) in [5, 5.41) is 11.2. The molecule has 24 heavy (non-hydrogen) atoms. The van der Waals surface area contributed by atoms with Crippen molar-refractivity contribution in [2.45, 2.75) is 13.5 Å². The molecule has 7 heteroatoms. The van der Waals surface area contributed by atoms with E-state index in [0.29, 0.717) is 12.3 Å². The first kappa shape index (κ1) is 15.9. The average Bonchev–Trinajstić information content (AvgIpc) is 3.24. The third-order valence-corrected chi connectivity index (χ3v) is 4.12. The minimum absolute atomic E-state index is 0.122. The van der Waals surface area contributed by atoms with Crippen molar-refractivity contribution in [3.8, 4) is 10.6 Å². The van der Waals surface area contributed by atoms with Gasteiger partial charge in [-0.05, 0) is 29.1 Å². The molecule has 2 amide bonds. The van der Waals surface area contributed by atoms with Crippen LogP contribution >= 0.6 is 11.3 Å². The molecule has 0 aliphatic rings. The topological polar surface area (TPSA) is 84.2 Å². The molecule has 2 heterocycles. The van der Waals surface area contributed by atoms with E-state index in [1.807, 2.05) is 29.6 Å². The van der Waals surface area contributed by atoms with Gasteiger partial charge in [-0.15, -0.1) is 11.3 Å². The summed E-state index contributed by atoms with van der Waals surface area (Å²) >= 11 is 1.52. The highest BCUT2D eigenvalue weighted by atomic mass is 32.1. The molecule has 3 aromatic rings. The van der Waals surface area contributed by atoms with E-state index in [1.54, 1.807) is 18.2 Å². The van der Waals surface area contributed by atoms with Crippen LogP contribution in [0.4, 0.5) is 5.69 Å². The average molecular weight is 341 g/mol. The van der Waals surface area contributed by atoms with Crippen LogP contribution in [0, 0.1) is 0 Å². The molecule has 0 radical (unpaired) electrons. The number of aromatic nitrogens is 1. The van der Waals surface area contributed by atoms with Gasteiger partial charge in [0.25, 0.3) is 5.91 Å². The van der Waals surface area contributed by atoms with Crippen molar-refractivity contribution in [1.29, 1.82) is 0 Å². The molecule has 6 nitrogen and oxygen atoms in total. The normalized spacial score (nSPS) is 10.4. The Morgan fingerprint density at radius 2 is 2.00 bits per heavy atom. The van der Waals surface area contributed by atoms with Gasteiger partial charge in [-0.3, -0.25) is 9.59 Å². The van der Waals surface area contributed by atoms with Crippen LogP contribution in [0.25, 0.3) is 10.6 Å². The van der Waals surface area contributed by atoms with Gasteiger partial charge in [0.05, 0.1) is 4.88 Å². The molecule has 0 saturated heterocycles. The van der Waals surface area contributed by atoms with Crippen LogP contribution in [0.2, 0.25) is 0 Å². The molecule has 0 bridgehead atoms. The van der Waals surface area contributed by atoms with Crippen LogP contribution in [-0.2, 0) is 11.3 Å². The smallest absolute Gasteiger partial charge is 0.273 e. The summed E-state index contributed by atoms with van der Waals surface area (Å²) in [7, 11) is 0. The Morgan fingerprint density at radius 3 is 2.67 bits per heavy atom. The molecule has 122 valence electrons. The highest BCUT2D eigenvalue weighted by Gasteiger charge is 2.13. The number of anilines is 1. The molecular formula is C17H15N3O3S. The minimum Gasteiger partial charge on any atom is -0.355 e. The van der Waals surface area contributed by atoms with Gasteiger partial charge in [0.2, 0.25) is 5.91 Å². The van der Waals surface area contributed by atoms with Gasteiger partial charge in [0.1, 0.15) is 0 Å². The molecule has 0 spiro atoms. The number of nitrogens with zero attached hydrogens (tertiary/aromatic N) is 1. The lowest BCUT2D eigenvalue weighted by Crippen LogP contribution is -2.23. The van der Waals surface area contributed by atoms with Gasteiger partial charge in [0, 0.05) is 25.2 Å². The Bertz CT molecular complexity index is 838. The minimum atomic E-state index is -0.299. The van der Waals surface area contributed by atoms with Crippen LogP contribution in [0.1, 0.15) is 23.0 Å². The molecule has 0 atom stereocenters. The van der Waals surface area contributed by atoms with E-state index in [4.69, 9.17) is 4.52 Å². The Balaban J connectivity index is 1.58. The number of nitrogens with one attached hydrogen (secondary N) is 2. The number of carbonyl (C=O) groups excluding carboxylic acids is 2. The maximum atomic E-state index is 12.1. The molecule has 0 unspecified atom stereocenters. The van der Waals surface area contributed by atoms with Gasteiger partial charge in [-0.1, -0.05) is 23.4 Å². The predicted octanol–water partition coefficient (Wildman–Crippen LogP) is 3.29. The second kappa shape index (κ2) is 7.10. The largest absolute Gasteiger partial charge is 0.355 e. The van der Waals surface area contributed by atoms with Crippen LogP contribution in [0.5, 0.6) is 0 Å². The third-order valence-electron chi connectivity index (χ3n) is 3.23. The second-order valence-corrected chi connectivity index (χ2v) is 6.06. The van der Waals surface area contributed by atoms with E-state index in [1.165, 1.54) is 18.3 Å². The molecule has 2 aromatic heterocycles. The molecular weight excluding hydrogens is 326 g/mol. The SMILES string of the molecule is CC(=O)Nc1ccc(CNC(=O)c2cc(-c3cccs3)on2)cc1. The lowest BCUT2D eigenvalue weighted by atomic mass is 10.2. The number of carbonyl (C=O) groups is 2. The summed E-state index contributed by atoms with van der Waals surface area (Å²) in [4.78, 5) is 24.0. The van der Waals surface area contributed by atoms with Crippen molar-refractivity contribution in [1.82, 2.24) is 10.5 Å². The highest BCUT2D eigenvalue weighted by molar-refractivity contribution is 7.13. The van der Waals surface area contributed by atoms with Crippen molar-refractivity contribution in [2.75, 3.05) is 5.32 Å². The molecule has 1 aromatic carbocycles. The van der Waals surface area contributed by atoms with Crippen LogP contribution in [0.15, 0.2) is 52.4 Å². The van der Waals surface area contributed by atoms with Gasteiger partial charge < -0.3 is 15.2 Å². The van der Waals surface area contributed by atoms with Crippen LogP contribution < -0.4 is 10.6 Å². The lowest BCUT2D eigenvalue weighted by Gasteiger charge is -2.05. The van der Waals surface area contributed by atoms with Gasteiger partial charge in [-0.2, -0.15) is 0 Å². The zero-order valence-corrected chi connectivity index (χ0v) is 13.7. The number of hydrogen-bond acceptors (Lipinski definition) is 5. The summed E-state index contributed by atoms with van der Waals surface area (Å²) in [6, 6.07) is 12.7. The molecule has 2 N–H and O–H groups in total. The maximum Gasteiger partial charge on any atom is 0.273 e. The summed E-state index contributed by atoms with van der Waals surface area (Å²) in [6.45, 7) is 1.82. The zero-order chi connectivity index (χ0) is 16.9. The summed E-state index contributed by atoms with van der Waals surface area (Å²) in [6.07, 6.45) is 0. The Hall–Kier alpha value is -2.93. The first-order valence-corrected chi connectivity index (χ1v) is 8.15. The summed E-state index contributed by atoms with van der Waals surface area (Å²) in [5.74, 6) is 0.158. The van der Waals surface area contributed by atoms with Crippen molar-refractivity contribution in [3.63, 3.8) is 0 Å². The zero-order valence-electron chi connectivity index (χ0n) is 12.9.